The molecule has 0 aromatic heterocycles. The molecule has 112 valence electrons. The fourth-order valence-corrected chi connectivity index (χ4v) is 2.60. The number of hydrogen-bond acceptors (Lipinski definition) is 5. The second kappa shape index (κ2) is 6.81. The number of rotatable bonds is 6. The molecule has 1 aromatic carbocycles. The van der Waals surface area contributed by atoms with Crippen molar-refractivity contribution in [2.75, 3.05) is 41.5 Å². The highest BCUT2D eigenvalue weighted by atomic mass is 16.5. The van der Waals surface area contributed by atoms with Crippen molar-refractivity contribution >= 4 is 0 Å². The largest absolute Gasteiger partial charge is 0.493 e. The van der Waals surface area contributed by atoms with Gasteiger partial charge < -0.3 is 24.4 Å². The first-order chi connectivity index (χ1) is 9.67. The van der Waals surface area contributed by atoms with Gasteiger partial charge >= 0.3 is 0 Å². The fraction of sp³-hybridized carbons (Fsp3) is 0.600. The third-order valence-corrected chi connectivity index (χ3v) is 3.71. The van der Waals surface area contributed by atoms with E-state index >= 15 is 0 Å². The third kappa shape index (κ3) is 3.35. The maximum absolute atomic E-state index is 5.37. The van der Waals surface area contributed by atoms with Gasteiger partial charge in [0.25, 0.3) is 0 Å². The molecule has 1 aromatic rings. The lowest BCUT2D eigenvalue weighted by Crippen LogP contribution is -2.30. The van der Waals surface area contributed by atoms with Crippen LogP contribution in [0.25, 0.3) is 0 Å². The van der Waals surface area contributed by atoms with Crippen molar-refractivity contribution in [3.63, 3.8) is 0 Å². The van der Waals surface area contributed by atoms with Crippen molar-refractivity contribution in [2.24, 2.45) is 0 Å². The molecule has 1 atom stereocenters. The lowest BCUT2D eigenvalue weighted by molar-refractivity contribution is 0.323. The quantitative estimate of drug-likeness (QED) is 0.855. The summed E-state index contributed by atoms with van der Waals surface area (Å²) in [6.07, 6.45) is 1.20. The minimum atomic E-state index is 0.555. The molecule has 0 saturated carbocycles. The molecule has 1 fully saturated rings. The Balaban J connectivity index is 2.07. The molecule has 0 radical (unpaired) electrons. The van der Waals surface area contributed by atoms with Crippen LogP contribution in [0.2, 0.25) is 0 Å². The zero-order chi connectivity index (χ0) is 14.5. The average molecular weight is 280 g/mol. The van der Waals surface area contributed by atoms with Gasteiger partial charge in [-0.2, -0.15) is 0 Å². The van der Waals surface area contributed by atoms with Crippen molar-refractivity contribution in [3.05, 3.63) is 17.7 Å². The smallest absolute Gasteiger partial charge is 0.203 e. The molecule has 1 aliphatic heterocycles. The highest BCUT2D eigenvalue weighted by molar-refractivity contribution is 5.53. The van der Waals surface area contributed by atoms with E-state index < -0.39 is 0 Å². The second-order valence-corrected chi connectivity index (χ2v) is 5.16. The Labute approximate surface area is 120 Å². The predicted molar refractivity (Wildman–Crippen MR) is 78.8 cm³/mol. The van der Waals surface area contributed by atoms with Gasteiger partial charge in [0.05, 0.1) is 21.3 Å². The maximum atomic E-state index is 5.37. The van der Waals surface area contributed by atoms with Crippen molar-refractivity contribution in [1.29, 1.82) is 0 Å². The summed E-state index contributed by atoms with van der Waals surface area (Å²) in [6, 6.07) is 4.54. The Morgan fingerprint density at radius 3 is 2.25 bits per heavy atom. The number of nitrogens with zero attached hydrogens (tertiary/aromatic N) is 1. The van der Waals surface area contributed by atoms with E-state index in [1.165, 1.54) is 6.42 Å². The summed E-state index contributed by atoms with van der Waals surface area (Å²) in [6.45, 7) is 3.06. The number of likely N-dealkylation sites (N-methyl/N-ethyl adjacent to an activating group) is 1. The zero-order valence-electron chi connectivity index (χ0n) is 12.7. The minimum Gasteiger partial charge on any atom is -0.493 e. The molecule has 1 N–H and O–H groups in total. The summed E-state index contributed by atoms with van der Waals surface area (Å²) in [4.78, 5) is 2.34. The van der Waals surface area contributed by atoms with Gasteiger partial charge in [-0.25, -0.2) is 0 Å². The molecule has 0 amide bonds. The second-order valence-electron chi connectivity index (χ2n) is 5.16. The number of ether oxygens (including phenoxy) is 3. The first-order valence-corrected chi connectivity index (χ1v) is 6.88. The van der Waals surface area contributed by atoms with Crippen LogP contribution >= 0.6 is 0 Å². The lowest BCUT2D eigenvalue weighted by Gasteiger charge is -2.16. The van der Waals surface area contributed by atoms with Crippen molar-refractivity contribution < 1.29 is 14.2 Å². The van der Waals surface area contributed by atoms with E-state index in [9.17, 15) is 0 Å². The van der Waals surface area contributed by atoms with E-state index in [4.69, 9.17) is 14.2 Å². The lowest BCUT2D eigenvalue weighted by atomic mass is 10.1. The Kier molecular flexibility index (Phi) is 5.09. The van der Waals surface area contributed by atoms with Crippen LogP contribution in [-0.2, 0) is 6.54 Å². The van der Waals surface area contributed by atoms with Crippen LogP contribution in [0.4, 0.5) is 0 Å². The topological polar surface area (TPSA) is 43.0 Å². The molecule has 5 nitrogen and oxygen atoms in total. The summed E-state index contributed by atoms with van der Waals surface area (Å²) in [5.74, 6) is 2.04. The standard InChI is InChI=1S/C15H24N2O3/c1-17-6-5-12(10-17)16-9-11-7-13(18-2)15(20-4)14(8-11)19-3/h7-8,12,16H,5-6,9-10H2,1-4H3. The average Bonchev–Trinajstić information content (AvgIpc) is 2.89. The van der Waals surface area contributed by atoms with Crippen LogP contribution in [0.3, 0.4) is 0 Å². The van der Waals surface area contributed by atoms with Crippen molar-refractivity contribution in [2.45, 2.75) is 19.0 Å². The SMILES string of the molecule is COc1cc(CNC2CCN(C)C2)cc(OC)c1OC. The summed E-state index contributed by atoms with van der Waals surface area (Å²) >= 11 is 0. The normalized spacial score (nSPS) is 19.1. The molecular weight excluding hydrogens is 256 g/mol. The number of methoxy groups -OCH3 is 3. The molecule has 0 aliphatic carbocycles. The summed E-state index contributed by atoms with van der Waals surface area (Å²) in [5.41, 5.74) is 1.13. The van der Waals surface area contributed by atoms with Gasteiger partial charge in [0.2, 0.25) is 5.75 Å². The maximum Gasteiger partial charge on any atom is 0.203 e. The Bertz CT molecular complexity index is 426. The van der Waals surface area contributed by atoms with Crippen LogP contribution in [0.5, 0.6) is 17.2 Å². The predicted octanol–water partition coefficient (Wildman–Crippen LogP) is 1.51. The van der Waals surface area contributed by atoms with Crippen molar-refractivity contribution in [1.82, 2.24) is 10.2 Å². The Morgan fingerprint density at radius 2 is 1.80 bits per heavy atom. The molecule has 1 unspecified atom stereocenters. The molecular formula is C15H24N2O3. The van der Waals surface area contributed by atoms with E-state index in [0.29, 0.717) is 23.3 Å². The van der Waals surface area contributed by atoms with E-state index in [1.807, 2.05) is 12.1 Å². The third-order valence-electron chi connectivity index (χ3n) is 3.71. The van der Waals surface area contributed by atoms with Gasteiger partial charge in [0, 0.05) is 19.1 Å². The molecule has 0 bridgehead atoms. The van der Waals surface area contributed by atoms with Gasteiger partial charge in [-0.15, -0.1) is 0 Å². The summed E-state index contributed by atoms with van der Waals surface area (Å²) in [7, 11) is 7.05. The van der Waals surface area contributed by atoms with Gasteiger partial charge in [0.1, 0.15) is 0 Å². The fourth-order valence-electron chi connectivity index (χ4n) is 2.60. The van der Waals surface area contributed by atoms with E-state index in [2.05, 4.69) is 17.3 Å². The number of likely N-dealkylation sites (tertiary alicyclic amines) is 1. The minimum absolute atomic E-state index is 0.555. The van der Waals surface area contributed by atoms with Gasteiger partial charge in [-0.05, 0) is 37.7 Å². The van der Waals surface area contributed by atoms with E-state index in [0.717, 1.165) is 25.2 Å². The van der Waals surface area contributed by atoms with Gasteiger partial charge in [-0.1, -0.05) is 0 Å². The molecule has 1 heterocycles. The van der Waals surface area contributed by atoms with E-state index in [-0.39, 0.29) is 0 Å². The molecule has 0 spiro atoms. The Hall–Kier alpha value is -1.46. The molecule has 1 saturated heterocycles. The Morgan fingerprint density at radius 1 is 1.15 bits per heavy atom. The van der Waals surface area contributed by atoms with Crippen LogP contribution in [-0.4, -0.2) is 52.4 Å². The van der Waals surface area contributed by atoms with E-state index in [1.54, 1.807) is 21.3 Å². The van der Waals surface area contributed by atoms with Crippen LogP contribution in [0.1, 0.15) is 12.0 Å². The summed E-state index contributed by atoms with van der Waals surface area (Å²) in [5, 5.41) is 3.57. The monoisotopic (exact) mass is 280 g/mol. The number of benzene rings is 1. The number of nitrogens with one attached hydrogen (secondary N) is 1. The van der Waals surface area contributed by atoms with Crippen LogP contribution < -0.4 is 19.5 Å². The first-order valence-electron chi connectivity index (χ1n) is 6.88. The molecule has 2 rings (SSSR count). The van der Waals surface area contributed by atoms with Gasteiger partial charge in [0.15, 0.2) is 11.5 Å². The highest BCUT2D eigenvalue weighted by Crippen LogP contribution is 2.38. The number of hydrogen-bond donors (Lipinski definition) is 1. The van der Waals surface area contributed by atoms with Gasteiger partial charge in [-0.3, -0.25) is 0 Å². The first kappa shape index (κ1) is 14.9. The molecule has 20 heavy (non-hydrogen) atoms. The highest BCUT2D eigenvalue weighted by Gasteiger charge is 2.19. The zero-order valence-corrected chi connectivity index (χ0v) is 12.7. The molecule has 1 aliphatic rings. The molecule has 5 heteroatoms. The van der Waals surface area contributed by atoms with Crippen LogP contribution in [0, 0.1) is 0 Å². The van der Waals surface area contributed by atoms with Crippen LogP contribution in [0.15, 0.2) is 12.1 Å². The van der Waals surface area contributed by atoms with Crippen molar-refractivity contribution in [3.8, 4) is 17.2 Å². The summed E-state index contributed by atoms with van der Waals surface area (Å²) < 4.78 is 16.1.